The van der Waals surface area contributed by atoms with Crippen LogP contribution in [0.2, 0.25) is 0 Å². The van der Waals surface area contributed by atoms with Crippen LogP contribution in [0.1, 0.15) is 18.1 Å². The first-order valence-electron chi connectivity index (χ1n) is 6.87. The Bertz CT molecular complexity index is 582. The van der Waals surface area contributed by atoms with E-state index in [0.29, 0.717) is 18.8 Å². The van der Waals surface area contributed by atoms with Crippen LogP contribution >= 0.6 is 0 Å². The van der Waals surface area contributed by atoms with Gasteiger partial charge in [-0.3, -0.25) is 0 Å². The fraction of sp³-hybridized carbons (Fsp3) is 0.294. The Balaban J connectivity index is 1.95. The van der Waals surface area contributed by atoms with Gasteiger partial charge in [-0.15, -0.1) is 0 Å². The molecular weight excluding hydrogens is 266 g/mol. The second-order valence-electron chi connectivity index (χ2n) is 5.24. The number of aliphatic hydroxyl groups is 1. The van der Waals surface area contributed by atoms with E-state index < -0.39 is 5.60 Å². The predicted molar refractivity (Wildman–Crippen MR) is 82.4 cm³/mol. The van der Waals surface area contributed by atoms with Crippen molar-refractivity contribution < 1.29 is 14.9 Å². The van der Waals surface area contributed by atoms with Crippen molar-refractivity contribution in [1.82, 2.24) is 5.32 Å². The number of aromatic hydroxyl groups is 1. The maximum atomic E-state index is 10.5. The van der Waals surface area contributed by atoms with E-state index >= 15 is 0 Å². The van der Waals surface area contributed by atoms with Gasteiger partial charge >= 0.3 is 0 Å². The van der Waals surface area contributed by atoms with Crippen LogP contribution in [0.25, 0.3) is 0 Å². The molecule has 2 rings (SSSR count). The molecule has 0 aromatic heterocycles. The first kappa shape index (κ1) is 15.4. The Morgan fingerprint density at radius 1 is 1.14 bits per heavy atom. The zero-order valence-corrected chi connectivity index (χ0v) is 12.3. The van der Waals surface area contributed by atoms with E-state index in [4.69, 9.17) is 4.74 Å². The number of hydrogen-bond donors (Lipinski definition) is 3. The minimum atomic E-state index is -0.955. The molecule has 1 atom stereocenters. The molecule has 21 heavy (non-hydrogen) atoms. The summed E-state index contributed by atoms with van der Waals surface area (Å²) in [6.07, 6.45) is 0. The van der Waals surface area contributed by atoms with Crippen LogP contribution in [0.5, 0.6) is 11.5 Å². The summed E-state index contributed by atoms with van der Waals surface area (Å²) in [6, 6.07) is 14.7. The van der Waals surface area contributed by atoms with Gasteiger partial charge in [0.1, 0.15) is 11.5 Å². The molecule has 4 heteroatoms. The van der Waals surface area contributed by atoms with Crippen molar-refractivity contribution in [2.24, 2.45) is 0 Å². The second-order valence-corrected chi connectivity index (χ2v) is 5.24. The zero-order chi connectivity index (χ0) is 15.3. The molecule has 0 bridgehead atoms. The van der Waals surface area contributed by atoms with Gasteiger partial charge in [0.15, 0.2) is 0 Å². The maximum Gasteiger partial charge on any atom is 0.123 e. The average Bonchev–Trinajstić information content (AvgIpc) is 2.49. The van der Waals surface area contributed by atoms with E-state index in [2.05, 4.69) is 5.32 Å². The molecule has 3 N–H and O–H groups in total. The Hall–Kier alpha value is -2.04. The minimum Gasteiger partial charge on any atom is -0.507 e. The molecular formula is C17H21NO3. The molecule has 2 aromatic carbocycles. The summed E-state index contributed by atoms with van der Waals surface area (Å²) in [5.74, 6) is 0.800. The summed E-state index contributed by atoms with van der Waals surface area (Å²) in [5.41, 5.74) is 0.666. The van der Waals surface area contributed by atoms with Crippen LogP contribution in [-0.4, -0.2) is 23.9 Å². The molecule has 0 amide bonds. The molecule has 0 aliphatic heterocycles. The van der Waals surface area contributed by atoms with E-state index in [1.807, 2.05) is 30.3 Å². The lowest BCUT2D eigenvalue weighted by atomic mass is 9.96. The van der Waals surface area contributed by atoms with Gasteiger partial charge < -0.3 is 20.3 Å². The molecule has 0 spiro atoms. The number of rotatable bonds is 6. The number of nitrogens with one attached hydrogen (secondary N) is 1. The number of ether oxygens (including phenoxy) is 1. The molecule has 2 aromatic rings. The molecule has 1 unspecified atom stereocenters. The highest BCUT2D eigenvalue weighted by molar-refractivity contribution is 5.39. The van der Waals surface area contributed by atoms with E-state index in [1.165, 1.54) is 0 Å². The van der Waals surface area contributed by atoms with Crippen molar-refractivity contribution in [2.75, 3.05) is 13.7 Å². The molecule has 0 heterocycles. The van der Waals surface area contributed by atoms with Crippen LogP contribution < -0.4 is 10.1 Å². The highest BCUT2D eigenvalue weighted by atomic mass is 16.5. The highest BCUT2D eigenvalue weighted by Gasteiger charge is 2.22. The Morgan fingerprint density at radius 3 is 2.48 bits per heavy atom. The summed E-state index contributed by atoms with van der Waals surface area (Å²) in [4.78, 5) is 0. The predicted octanol–water partition coefficient (Wildman–Crippen LogP) is 2.40. The summed E-state index contributed by atoms with van der Waals surface area (Å²) < 4.78 is 5.05. The molecule has 112 valence electrons. The number of methoxy groups -OCH3 is 1. The lowest BCUT2D eigenvalue weighted by Crippen LogP contribution is -2.35. The van der Waals surface area contributed by atoms with Gasteiger partial charge in [0.25, 0.3) is 0 Å². The third kappa shape index (κ3) is 3.97. The highest BCUT2D eigenvalue weighted by Crippen LogP contribution is 2.24. The summed E-state index contributed by atoms with van der Waals surface area (Å²) in [6.45, 7) is 2.63. The first-order valence-corrected chi connectivity index (χ1v) is 6.87. The van der Waals surface area contributed by atoms with Crippen LogP contribution in [0, 0.1) is 0 Å². The molecule has 0 aliphatic rings. The third-order valence-electron chi connectivity index (χ3n) is 3.47. The number of phenolic OH excluding ortho intramolecular Hbond substituents is 1. The SMILES string of the molecule is COc1ccc(CNCC(C)(O)c2ccccc2)c(O)c1. The molecule has 0 saturated heterocycles. The zero-order valence-electron chi connectivity index (χ0n) is 12.3. The van der Waals surface area contributed by atoms with Crippen molar-refractivity contribution in [1.29, 1.82) is 0 Å². The third-order valence-corrected chi connectivity index (χ3v) is 3.47. The van der Waals surface area contributed by atoms with Crippen molar-refractivity contribution in [3.05, 3.63) is 59.7 Å². The van der Waals surface area contributed by atoms with Crippen molar-refractivity contribution in [3.8, 4) is 11.5 Å². The monoisotopic (exact) mass is 287 g/mol. The molecule has 0 saturated carbocycles. The Kier molecular flexibility index (Phi) is 4.83. The summed E-state index contributed by atoms with van der Waals surface area (Å²) in [5, 5.41) is 23.5. The second kappa shape index (κ2) is 6.61. The Morgan fingerprint density at radius 2 is 1.86 bits per heavy atom. The lowest BCUT2D eigenvalue weighted by molar-refractivity contribution is 0.0566. The van der Waals surface area contributed by atoms with Gasteiger partial charge in [-0.05, 0) is 18.6 Å². The first-order chi connectivity index (χ1) is 10.0. The summed E-state index contributed by atoms with van der Waals surface area (Å²) >= 11 is 0. The van der Waals surface area contributed by atoms with E-state index in [9.17, 15) is 10.2 Å². The number of phenols is 1. The average molecular weight is 287 g/mol. The summed E-state index contributed by atoms with van der Waals surface area (Å²) in [7, 11) is 1.56. The smallest absolute Gasteiger partial charge is 0.123 e. The maximum absolute atomic E-state index is 10.5. The van der Waals surface area contributed by atoms with E-state index in [0.717, 1.165) is 11.1 Å². The normalized spacial score (nSPS) is 13.7. The standard InChI is InChI=1S/C17H21NO3/c1-17(20,14-6-4-3-5-7-14)12-18-11-13-8-9-15(21-2)10-16(13)19/h3-10,18-20H,11-12H2,1-2H3. The number of benzene rings is 2. The molecule has 4 nitrogen and oxygen atoms in total. The van der Waals surface area contributed by atoms with Gasteiger partial charge in [-0.25, -0.2) is 0 Å². The van der Waals surface area contributed by atoms with Gasteiger partial charge in [0.2, 0.25) is 0 Å². The van der Waals surface area contributed by atoms with Crippen molar-refractivity contribution in [3.63, 3.8) is 0 Å². The van der Waals surface area contributed by atoms with Crippen LogP contribution in [0.15, 0.2) is 48.5 Å². The molecule has 0 aliphatic carbocycles. The molecule has 0 radical (unpaired) electrons. The van der Waals surface area contributed by atoms with Gasteiger partial charge in [0.05, 0.1) is 12.7 Å². The fourth-order valence-electron chi connectivity index (χ4n) is 2.16. The largest absolute Gasteiger partial charge is 0.507 e. The van der Waals surface area contributed by atoms with Gasteiger partial charge in [-0.2, -0.15) is 0 Å². The van der Waals surface area contributed by atoms with Crippen LogP contribution in [-0.2, 0) is 12.1 Å². The molecule has 0 fully saturated rings. The minimum absolute atomic E-state index is 0.182. The van der Waals surface area contributed by atoms with Gasteiger partial charge in [-0.1, -0.05) is 36.4 Å². The lowest BCUT2D eigenvalue weighted by Gasteiger charge is -2.24. The Labute approximate surface area is 125 Å². The van der Waals surface area contributed by atoms with E-state index in [-0.39, 0.29) is 5.75 Å². The van der Waals surface area contributed by atoms with E-state index in [1.54, 1.807) is 32.2 Å². The quantitative estimate of drug-likeness (QED) is 0.763. The van der Waals surface area contributed by atoms with Crippen molar-refractivity contribution in [2.45, 2.75) is 19.1 Å². The fourth-order valence-corrected chi connectivity index (χ4v) is 2.16. The number of hydrogen-bond acceptors (Lipinski definition) is 4. The van der Waals surface area contributed by atoms with Crippen LogP contribution in [0.3, 0.4) is 0 Å². The van der Waals surface area contributed by atoms with Crippen molar-refractivity contribution >= 4 is 0 Å². The topological polar surface area (TPSA) is 61.7 Å². The van der Waals surface area contributed by atoms with Gasteiger partial charge in [0, 0.05) is 24.7 Å². The van der Waals surface area contributed by atoms with Crippen LogP contribution in [0.4, 0.5) is 0 Å².